The largest absolute Gasteiger partial charge is 0.387 e. The lowest BCUT2D eigenvalue weighted by Crippen LogP contribution is -2.12. The standard InChI is InChI=1S/C14H12Br3NO/c15-10-4-1-3-9(7-10)13(19)8-18-14-11(16)5-2-6-12(14)17/h1-7,13,18-19H,8H2. The maximum atomic E-state index is 10.2. The van der Waals surface area contributed by atoms with Crippen LogP contribution in [0.1, 0.15) is 11.7 Å². The van der Waals surface area contributed by atoms with Gasteiger partial charge in [0.1, 0.15) is 0 Å². The molecular formula is C14H12Br3NO. The number of nitrogens with one attached hydrogen (secondary N) is 1. The summed E-state index contributed by atoms with van der Waals surface area (Å²) in [7, 11) is 0. The minimum Gasteiger partial charge on any atom is -0.387 e. The van der Waals surface area contributed by atoms with Crippen LogP contribution in [0, 0.1) is 0 Å². The van der Waals surface area contributed by atoms with Crippen LogP contribution in [0.3, 0.4) is 0 Å². The van der Waals surface area contributed by atoms with Gasteiger partial charge in [-0.15, -0.1) is 0 Å². The first-order valence-corrected chi connectivity index (χ1v) is 8.07. The van der Waals surface area contributed by atoms with Crippen molar-refractivity contribution in [2.24, 2.45) is 0 Å². The summed E-state index contributed by atoms with van der Waals surface area (Å²) in [6.07, 6.45) is -0.559. The van der Waals surface area contributed by atoms with Gasteiger partial charge in [-0.1, -0.05) is 34.1 Å². The van der Waals surface area contributed by atoms with Crippen LogP contribution in [-0.2, 0) is 0 Å². The Labute approximate surface area is 137 Å². The quantitative estimate of drug-likeness (QED) is 0.679. The number of hydrogen-bond acceptors (Lipinski definition) is 2. The third-order valence-corrected chi connectivity index (χ3v) is 4.48. The van der Waals surface area contributed by atoms with E-state index >= 15 is 0 Å². The fourth-order valence-corrected chi connectivity index (χ4v) is 3.39. The van der Waals surface area contributed by atoms with Gasteiger partial charge in [0.2, 0.25) is 0 Å². The van der Waals surface area contributed by atoms with E-state index < -0.39 is 6.10 Å². The minimum absolute atomic E-state index is 0.442. The number of para-hydroxylation sites is 1. The number of aliphatic hydroxyl groups excluding tert-OH is 1. The second-order valence-corrected chi connectivity index (χ2v) is 6.67. The average Bonchev–Trinajstić information content (AvgIpc) is 2.38. The lowest BCUT2D eigenvalue weighted by molar-refractivity contribution is 0.191. The van der Waals surface area contributed by atoms with Crippen molar-refractivity contribution in [3.63, 3.8) is 0 Å². The van der Waals surface area contributed by atoms with Gasteiger partial charge in [-0.2, -0.15) is 0 Å². The average molecular weight is 450 g/mol. The van der Waals surface area contributed by atoms with Crippen LogP contribution in [0.15, 0.2) is 55.9 Å². The normalized spacial score (nSPS) is 12.2. The van der Waals surface area contributed by atoms with Gasteiger partial charge in [0.15, 0.2) is 0 Å². The van der Waals surface area contributed by atoms with Gasteiger partial charge in [-0.05, 0) is 61.7 Å². The first kappa shape index (κ1) is 15.0. The highest BCUT2D eigenvalue weighted by Crippen LogP contribution is 2.31. The molecule has 5 heteroatoms. The first-order chi connectivity index (χ1) is 9.08. The molecule has 0 bridgehead atoms. The highest BCUT2D eigenvalue weighted by Gasteiger charge is 2.10. The van der Waals surface area contributed by atoms with Crippen molar-refractivity contribution in [3.05, 3.63) is 61.4 Å². The molecule has 19 heavy (non-hydrogen) atoms. The van der Waals surface area contributed by atoms with Crippen molar-refractivity contribution in [2.75, 3.05) is 11.9 Å². The summed E-state index contributed by atoms with van der Waals surface area (Å²) in [5.74, 6) is 0. The van der Waals surface area contributed by atoms with Crippen molar-refractivity contribution in [3.8, 4) is 0 Å². The van der Waals surface area contributed by atoms with Crippen molar-refractivity contribution in [1.29, 1.82) is 0 Å². The molecule has 0 aromatic heterocycles. The number of benzene rings is 2. The monoisotopic (exact) mass is 447 g/mol. The Morgan fingerprint density at radius 1 is 1.00 bits per heavy atom. The summed E-state index contributed by atoms with van der Waals surface area (Å²) in [6, 6.07) is 13.5. The third kappa shape index (κ3) is 4.05. The molecule has 0 aliphatic carbocycles. The van der Waals surface area contributed by atoms with Gasteiger partial charge in [-0.3, -0.25) is 0 Å². The Morgan fingerprint density at radius 2 is 1.63 bits per heavy atom. The Hall–Kier alpha value is -0.360. The molecule has 0 aliphatic heterocycles. The van der Waals surface area contributed by atoms with Crippen LogP contribution in [0.25, 0.3) is 0 Å². The Kier molecular flexibility index (Phi) is 5.45. The molecule has 1 atom stereocenters. The highest BCUT2D eigenvalue weighted by atomic mass is 79.9. The van der Waals surface area contributed by atoms with Gasteiger partial charge in [0, 0.05) is 20.0 Å². The highest BCUT2D eigenvalue weighted by molar-refractivity contribution is 9.11. The van der Waals surface area contributed by atoms with Gasteiger partial charge < -0.3 is 10.4 Å². The van der Waals surface area contributed by atoms with Crippen LogP contribution in [0.2, 0.25) is 0 Å². The summed E-state index contributed by atoms with van der Waals surface area (Å²) in [5, 5.41) is 13.4. The molecule has 100 valence electrons. The Balaban J connectivity index is 2.06. The second kappa shape index (κ2) is 6.88. The lowest BCUT2D eigenvalue weighted by Gasteiger charge is -2.15. The number of anilines is 1. The van der Waals surface area contributed by atoms with Crippen LogP contribution >= 0.6 is 47.8 Å². The molecule has 2 nitrogen and oxygen atoms in total. The fourth-order valence-electron chi connectivity index (χ4n) is 1.70. The van der Waals surface area contributed by atoms with Crippen molar-refractivity contribution >= 4 is 53.5 Å². The molecule has 2 aromatic carbocycles. The predicted molar refractivity (Wildman–Crippen MR) is 89.4 cm³/mol. The SMILES string of the molecule is OC(CNc1c(Br)cccc1Br)c1cccc(Br)c1. The fraction of sp³-hybridized carbons (Fsp3) is 0.143. The van der Waals surface area contributed by atoms with E-state index in [-0.39, 0.29) is 0 Å². The van der Waals surface area contributed by atoms with Crippen molar-refractivity contribution in [2.45, 2.75) is 6.10 Å². The van der Waals surface area contributed by atoms with Crippen LogP contribution in [0.5, 0.6) is 0 Å². The van der Waals surface area contributed by atoms with Crippen LogP contribution in [-0.4, -0.2) is 11.7 Å². The van der Waals surface area contributed by atoms with E-state index in [9.17, 15) is 5.11 Å². The molecule has 0 saturated carbocycles. The summed E-state index contributed by atoms with van der Waals surface area (Å²) in [6.45, 7) is 0.442. The number of aliphatic hydroxyl groups is 1. The Morgan fingerprint density at radius 3 is 2.26 bits per heavy atom. The van der Waals surface area contributed by atoms with E-state index in [2.05, 4.69) is 53.1 Å². The number of rotatable bonds is 4. The van der Waals surface area contributed by atoms with E-state index in [0.29, 0.717) is 6.54 Å². The molecule has 0 fully saturated rings. The molecule has 0 radical (unpaired) electrons. The minimum atomic E-state index is -0.559. The van der Waals surface area contributed by atoms with E-state index in [1.54, 1.807) is 0 Å². The zero-order valence-corrected chi connectivity index (χ0v) is 14.7. The molecule has 2 aromatic rings. The zero-order valence-electron chi connectivity index (χ0n) is 9.91. The van der Waals surface area contributed by atoms with Crippen molar-refractivity contribution < 1.29 is 5.11 Å². The second-order valence-electron chi connectivity index (χ2n) is 4.05. The maximum absolute atomic E-state index is 10.2. The van der Waals surface area contributed by atoms with Gasteiger partial charge in [0.25, 0.3) is 0 Å². The van der Waals surface area contributed by atoms with E-state index in [1.165, 1.54) is 0 Å². The number of halogens is 3. The van der Waals surface area contributed by atoms with E-state index in [0.717, 1.165) is 24.7 Å². The first-order valence-electron chi connectivity index (χ1n) is 5.69. The predicted octanol–water partition coefficient (Wildman–Crippen LogP) is 5.12. The molecule has 1 unspecified atom stereocenters. The van der Waals surface area contributed by atoms with Gasteiger partial charge in [0.05, 0.1) is 11.8 Å². The summed E-state index contributed by atoms with van der Waals surface area (Å²) in [4.78, 5) is 0. The summed E-state index contributed by atoms with van der Waals surface area (Å²) >= 11 is 10.4. The summed E-state index contributed by atoms with van der Waals surface area (Å²) < 4.78 is 2.89. The smallest absolute Gasteiger partial charge is 0.0962 e. The molecule has 0 spiro atoms. The third-order valence-electron chi connectivity index (χ3n) is 2.67. The van der Waals surface area contributed by atoms with Gasteiger partial charge >= 0.3 is 0 Å². The molecule has 2 rings (SSSR count). The molecular weight excluding hydrogens is 438 g/mol. The zero-order chi connectivity index (χ0) is 13.8. The van der Waals surface area contributed by atoms with Gasteiger partial charge in [-0.25, -0.2) is 0 Å². The molecule has 0 amide bonds. The lowest BCUT2D eigenvalue weighted by atomic mass is 10.1. The van der Waals surface area contributed by atoms with E-state index in [1.807, 2.05) is 42.5 Å². The van der Waals surface area contributed by atoms with Crippen LogP contribution < -0.4 is 5.32 Å². The van der Waals surface area contributed by atoms with Crippen molar-refractivity contribution in [1.82, 2.24) is 0 Å². The molecule has 2 N–H and O–H groups in total. The van der Waals surface area contributed by atoms with Crippen LogP contribution in [0.4, 0.5) is 5.69 Å². The number of hydrogen-bond donors (Lipinski definition) is 2. The summed E-state index contributed by atoms with van der Waals surface area (Å²) in [5.41, 5.74) is 1.82. The molecule has 0 aliphatic rings. The topological polar surface area (TPSA) is 32.3 Å². The Bertz CT molecular complexity index is 554. The van der Waals surface area contributed by atoms with E-state index in [4.69, 9.17) is 0 Å². The maximum Gasteiger partial charge on any atom is 0.0962 e. The molecule has 0 saturated heterocycles. The molecule has 0 heterocycles.